The van der Waals surface area contributed by atoms with Gasteiger partial charge in [-0.25, -0.2) is 4.79 Å². The van der Waals surface area contributed by atoms with E-state index < -0.39 is 6.09 Å². The first-order valence-corrected chi connectivity index (χ1v) is 4.94. The predicted octanol–water partition coefficient (Wildman–Crippen LogP) is 2.11. The van der Waals surface area contributed by atoms with E-state index in [1.807, 2.05) is 0 Å². The molecule has 1 aromatic carbocycles. The van der Waals surface area contributed by atoms with E-state index in [1.165, 1.54) is 0 Å². The quantitative estimate of drug-likeness (QED) is 0.776. The van der Waals surface area contributed by atoms with Crippen molar-refractivity contribution in [2.24, 2.45) is 0 Å². The van der Waals surface area contributed by atoms with E-state index in [2.05, 4.69) is 10.6 Å². The van der Waals surface area contributed by atoms with Gasteiger partial charge in [-0.3, -0.25) is 5.32 Å². The summed E-state index contributed by atoms with van der Waals surface area (Å²) in [5.74, 6) is 0. The fourth-order valence-electron chi connectivity index (χ4n) is 0.933. The normalized spacial score (nSPS) is 9.73. The number of ether oxygens (including phenoxy) is 1. The molecule has 0 aromatic heterocycles. The topological polar surface area (TPSA) is 50.4 Å². The third kappa shape index (κ3) is 4.67. The van der Waals surface area contributed by atoms with Gasteiger partial charge >= 0.3 is 6.09 Å². The van der Waals surface area contributed by atoms with Crippen molar-refractivity contribution in [1.29, 1.82) is 0 Å². The molecule has 1 rings (SSSR count). The number of anilines is 1. The van der Waals surface area contributed by atoms with Gasteiger partial charge in [0.1, 0.15) is 6.61 Å². The average Bonchev–Trinajstić information content (AvgIpc) is 2.22. The van der Waals surface area contributed by atoms with Crippen molar-refractivity contribution < 1.29 is 9.53 Å². The lowest BCUT2D eigenvalue weighted by Gasteiger charge is -2.06. The lowest BCUT2D eigenvalue weighted by Crippen LogP contribution is -2.20. The molecule has 0 aliphatic rings. The van der Waals surface area contributed by atoms with Crippen molar-refractivity contribution in [2.45, 2.75) is 0 Å². The summed E-state index contributed by atoms with van der Waals surface area (Å²) in [6.45, 7) is 0.976. The summed E-state index contributed by atoms with van der Waals surface area (Å²) >= 11 is 5.70. The van der Waals surface area contributed by atoms with Gasteiger partial charge in [-0.2, -0.15) is 0 Å². The van der Waals surface area contributed by atoms with Crippen LogP contribution in [-0.4, -0.2) is 26.3 Å². The van der Waals surface area contributed by atoms with Crippen molar-refractivity contribution in [1.82, 2.24) is 5.32 Å². The molecule has 0 aliphatic carbocycles. The van der Waals surface area contributed by atoms with Crippen molar-refractivity contribution >= 4 is 23.4 Å². The number of halogens is 1. The molecular weight excluding hydrogens is 216 g/mol. The fraction of sp³-hybridized carbons (Fsp3) is 0.300. The molecule has 1 amide bonds. The molecule has 0 spiro atoms. The molecule has 0 saturated heterocycles. The van der Waals surface area contributed by atoms with Crippen LogP contribution in [0, 0.1) is 0 Å². The summed E-state index contributed by atoms with van der Waals surface area (Å²) in [4.78, 5) is 11.2. The second kappa shape index (κ2) is 6.27. The van der Waals surface area contributed by atoms with Gasteiger partial charge in [-0.15, -0.1) is 0 Å². The molecule has 5 heteroatoms. The molecule has 15 heavy (non-hydrogen) atoms. The van der Waals surface area contributed by atoms with Crippen molar-refractivity contribution in [3.8, 4) is 0 Å². The molecule has 0 fully saturated rings. The minimum Gasteiger partial charge on any atom is -0.448 e. The van der Waals surface area contributed by atoms with Crippen LogP contribution in [0.5, 0.6) is 0 Å². The Morgan fingerprint density at radius 1 is 1.40 bits per heavy atom. The van der Waals surface area contributed by atoms with Crippen molar-refractivity contribution in [3.63, 3.8) is 0 Å². The summed E-state index contributed by atoms with van der Waals surface area (Å²) in [6, 6.07) is 6.82. The van der Waals surface area contributed by atoms with E-state index in [-0.39, 0.29) is 0 Å². The highest BCUT2D eigenvalue weighted by atomic mass is 35.5. The number of carbonyl (C=O) groups is 1. The molecule has 0 unspecified atom stereocenters. The maximum Gasteiger partial charge on any atom is 0.411 e. The maximum absolute atomic E-state index is 11.2. The SMILES string of the molecule is CNCCOC(=O)Nc1ccc(Cl)cc1. The molecule has 0 saturated carbocycles. The number of benzene rings is 1. The smallest absolute Gasteiger partial charge is 0.411 e. The second-order valence-corrected chi connectivity index (χ2v) is 3.31. The van der Waals surface area contributed by atoms with Gasteiger partial charge in [0.05, 0.1) is 0 Å². The Labute approximate surface area is 93.6 Å². The van der Waals surface area contributed by atoms with Crippen molar-refractivity contribution in [3.05, 3.63) is 29.3 Å². The Hall–Kier alpha value is -1.26. The third-order valence-electron chi connectivity index (χ3n) is 1.68. The zero-order chi connectivity index (χ0) is 11.1. The van der Waals surface area contributed by atoms with Crippen LogP contribution in [0.15, 0.2) is 24.3 Å². The minimum absolute atomic E-state index is 0.343. The highest BCUT2D eigenvalue weighted by Gasteiger charge is 2.01. The first-order chi connectivity index (χ1) is 7.22. The molecule has 4 nitrogen and oxygen atoms in total. The molecule has 0 radical (unpaired) electrons. The average molecular weight is 229 g/mol. The largest absolute Gasteiger partial charge is 0.448 e. The number of likely N-dealkylation sites (N-methyl/N-ethyl adjacent to an activating group) is 1. The molecule has 0 aliphatic heterocycles. The first-order valence-electron chi connectivity index (χ1n) is 4.56. The van der Waals surface area contributed by atoms with Gasteiger partial charge in [-0.1, -0.05) is 11.6 Å². The predicted molar refractivity (Wildman–Crippen MR) is 60.3 cm³/mol. The number of nitrogens with one attached hydrogen (secondary N) is 2. The van der Waals surface area contributed by atoms with Crippen LogP contribution in [-0.2, 0) is 4.74 Å². The number of amides is 1. The van der Waals surface area contributed by atoms with Gasteiger partial charge in [0.2, 0.25) is 0 Å². The lowest BCUT2D eigenvalue weighted by atomic mass is 10.3. The van der Waals surface area contributed by atoms with Gasteiger partial charge in [-0.05, 0) is 31.3 Å². The van der Waals surface area contributed by atoms with Crippen LogP contribution in [0.4, 0.5) is 10.5 Å². The minimum atomic E-state index is -0.465. The molecule has 82 valence electrons. The summed E-state index contributed by atoms with van der Waals surface area (Å²) in [5, 5.41) is 6.08. The summed E-state index contributed by atoms with van der Waals surface area (Å²) in [7, 11) is 1.79. The highest BCUT2D eigenvalue weighted by Crippen LogP contribution is 2.13. The van der Waals surface area contributed by atoms with E-state index in [0.717, 1.165) is 0 Å². The van der Waals surface area contributed by atoms with Gasteiger partial charge in [0.15, 0.2) is 0 Å². The maximum atomic E-state index is 11.2. The van der Waals surface area contributed by atoms with E-state index in [1.54, 1.807) is 31.3 Å². The summed E-state index contributed by atoms with van der Waals surface area (Å²) in [5.41, 5.74) is 0.661. The fourth-order valence-corrected chi connectivity index (χ4v) is 1.06. The Morgan fingerprint density at radius 3 is 2.67 bits per heavy atom. The zero-order valence-electron chi connectivity index (χ0n) is 8.42. The van der Waals surface area contributed by atoms with E-state index in [4.69, 9.17) is 16.3 Å². The molecule has 0 bridgehead atoms. The van der Waals surface area contributed by atoms with E-state index in [9.17, 15) is 4.79 Å². The number of hydrogen-bond donors (Lipinski definition) is 2. The van der Waals surface area contributed by atoms with Crippen LogP contribution in [0.2, 0.25) is 5.02 Å². The van der Waals surface area contributed by atoms with Gasteiger partial charge in [0.25, 0.3) is 0 Å². The lowest BCUT2D eigenvalue weighted by molar-refractivity contribution is 0.163. The molecule has 2 N–H and O–H groups in total. The van der Waals surface area contributed by atoms with Crippen LogP contribution in [0.1, 0.15) is 0 Å². The van der Waals surface area contributed by atoms with Gasteiger partial charge in [0, 0.05) is 17.3 Å². The second-order valence-electron chi connectivity index (χ2n) is 2.87. The Balaban J connectivity index is 2.34. The first kappa shape index (κ1) is 11.8. The van der Waals surface area contributed by atoms with E-state index >= 15 is 0 Å². The van der Waals surface area contributed by atoms with Crippen LogP contribution >= 0.6 is 11.6 Å². The van der Waals surface area contributed by atoms with Crippen LogP contribution < -0.4 is 10.6 Å². The van der Waals surface area contributed by atoms with E-state index in [0.29, 0.717) is 23.9 Å². The summed E-state index contributed by atoms with van der Waals surface area (Å²) < 4.78 is 4.87. The Kier molecular flexibility index (Phi) is 4.93. The molecular formula is C10H13ClN2O2. The summed E-state index contributed by atoms with van der Waals surface area (Å²) in [6.07, 6.45) is -0.465. The standard InChI is InChI=1S/C10H13ClN2O2/c1-12-6-7-15-10(14)13-9-4-2-8(11)3-5-9/h2-5,12H,6-7H2,1H3,(H,13,14). The molecule has 0 heterocycles. The van der Waals surface area contributed by atoms with Gasteiger partial charge < -0.3 is 10.1 Å². The number of hydrogen-bond acceptors (Lipinski definition) is 3. The van der Waals surface area contributed by atoms with Crippen LogP contribution in [0.3, 0.4) is 0 Å². The molecule has 0 atom stereocenters. The highest BCUT2D eigenvalue weighted by molar-refractivity contribution is 6.30. The van der Waals surface area contributed by atoms with Crippen LogP contribution in [0.25, 0.3) is 0 Å². The van der Waals surface area contributed by atoms with Crippen molar-refractivity contribution in [2.75, 3.05) is 25.5 Å². The number of rotatable bonds is 4. The Bertz CT molecular complexity index is 314. The monoisotopic (exact) mass is 228 g/mol. The third-order valence-corrected chi connectivity index (χ3v) is 1.93. The Morgan fingerprint density at radius 2 is 2.07 bits per heavy atom. The zero-order valence-corrected chi connectivity index (χ0v) is 9.17. The molecule has 1 aromatic rings. The number of carbonyl (C=O) groups excluding carboxylic acids is 1.